The number of aromatic nitrogens is 4. The van der Waals surface area contributed by atoms with Gasteiger partial charge in [0.25, 0.3) is 11.5 Å². The summed E-state index contributed by atoms with van der Waals surface area (Å²) < 4.78 is 18.1. The van der Waals surface area contributed by atoms with Crippen molar-refractivity contribution in [3.8, 4) is 28.9 Å². The number of carbonyl (C=O) groups excluding carboxylic acids is 1. The highest BCUT2D eigenvalue weighted by Crippen LogP contribution is 2.31. The number of furan rings is 1. The summed E-state index contributed by atoms with van der Waals surface area (Å²) in [6.45, 7) is 1.75. The van der Waals surface area contributed by atoms with E-state index in [1.165, 1.54) is 17.0 Å². The second-order valence-corrected chi connectivity index (χ2v) is 6.87. The van der Waals surface area contributed by atoms with Gasteiger partial charge in [-0.25, -0.2) is 4.98 Å². The van der Waals surface area contributed by atoms with Crippen molar-refractivity contribution in [1.29, 1.82) is 0 Å². The molecule has 10 nitrogen and oxygen atoms in total. The van der Waals surface area contributed by atoms with Gasteiger partial charge in [0.2, 0.25) is 12.1 Å². The Labute approximate surface area is 175 Å². The molecular weight excluding hydrogens is 402 g/mol. The normalized spacial score (nSPS) is 14.9. The van der Waals surface area contributed by atoms with Crippen molar-refractivity contribution in [3.05, 3.63) is 70.8 Å². The highest BCUT2D eigenvalue weighted by Gasteiger charge is 2.28. The lowest BCUT2D eigenvalue weighted by atomic mass is 10.2. The molecular formula is C21H17N5O5. The SMILES string of the molecule is Cc1cc(=O)[nH]c(-n2nc(-c3ccco3)cc2NC(=O)C2COc3ccccc3O2)n1. The van der Waals surface area contributed by atoms with Gasteiger partial charge in [0, 0.05) is 17.8 Å². The third-order valence-corrected chi connectivity index (χ3v) is 4.59. The predicted octanol–water partition coefficient (Wildman–Crippen LogP) is 2.30. The number of nitrogens with one attached hydrogen (secondary N) is 2. The van der Waals surface area contributed by atoms with Crippen LogP contribution in [0, 0.1) is 6.92 Å². The van der Waals surface area contributed by atoms with Gasteiger partial charge in [0.1, 0.15) is 18.1 Å². The van der Waals surface area contributed by atoms with Crippen LogP contribution in [0.1, 0.15) is 5.69 Å². The van der Waals surface area contributed by atoms with Crippen LogP contribution in [-0.2, 0) is 4.79 Å². The minimum Gasteiger partial charge on any atom is -0.485 e. The van der Waals surface area contributed by atoms with Gasteiger partial charge in [0.15, 0.2) is 17.3 Å². The number of anilines is 1. The Bertz CT molecular complexity index is 1310. The van der Waals surface area contributed by atoms with Gasteiger partial charge in [-0.2, -0.15) is 9.78 Å². The highest BCUT2D eigenvalue weighted by atomic mass is 16.6. The van der Waals surface area contributed by atoms with Crippen molar-refractivity contribution < 1.29 is 18.7 Å². The van der Waals surface area contributed by atoms with E-state index in [1.807, 2.05) is 6.07 Å². The van der Waals surface area contributed by atoms with E-state index in [1.54, 1.807) is 43.3 Å². The molecule has 1 unspecified atom stereocenters. The first kappa shape index (κ1) is 18.7. The Hall–Kier alpha value is -4.34. The lowest BCUT2D eigenvalue weighted by molar-refractivity contribution is -0.125. The van der Waals surface area contributed by atoms with Crippen LogP contribution >= 0.6 is 0 Å². The topological polar surface area (TPSA) is 124 Å². The summed E-state index contributed by atoms with van der Waals surface area (Å²) in [5.41, 5.74) is 0.623. The fourth-order valence-corrected chi connectivity index (χ4v) is 3.20. The summed E-state index contributed by atoms with van der Waals surface area (Å²) in [5.74, 6) is 1.57. The number of aryl methyl sites for hydroxylation is 1. The van der Waals surface area contributed by atoms with Crippen LogP contribution in [-0.4, -0.2) is 38.4 Å². The molecule has 1 atom stereocenters. The quantitative estimate of drug-likeness (QED) is 0.520. The number of hydrogen-bond acceptors (Lipinski definition) is 7. The van der Waals surface area contributed by atoms with E-state index in [0.29, 0.717) is 28.6 Å². The summed E-state index contributed by atoms with van der Waals surface area (Å²) in [4.78, 5) is 31.8. The number of rotatable bonds is 4. The van der Waals surface area contributed by atoms with E-state index in [0.717, 1.165) is 0 Å². The minimum absolute atomic E-state index is 0.0571. The average molecular weight is 419 g/mol. The Morgan fingerprint density at radius 2 is 2.03 bits per heavy atom. The first-order valence-corrected chi connectivity index (χ1v) is 9.48. The van der Waals surface area contributed by atoms with E-state index < -0.39 is 12.0 Å². The molecule has 0 saturated heterocycles. The maximum Gasteiger partial charge on any atom is 0.270 e. The number of carbonyl (C=O) groups is 1. The lowest BCUT2D eigenvalue weighted by Gasteiger charge is -2.25. The summed E-state index contributed by atoms with van der Waals surface area (Å²) >= 11 is 0. The fraction of sp³-hybridized carbons (Fsp3) is 0.143. The van der Waals surface area contributed by atoms with Gasteiger partial charge in [-0.1, -0.05) is 12.1 Å². The van der Waals surface area contributed by atoms with Crippen molar-refractivity contribution in [2.75, 3.05) is 11.9 Å². The minimum atomic E-state index is -0.866. The number of amides is 1. The van der Waals surface area contributed by atoms with E-state index in [4.69, 9.17) is 13.9 Å². The van der Waals surface area contributed by atoms with Crippen LogP contribution in [0.25, 0.3) is 17.4 Å². The second kappa shape index (κ2) is 7.48. The van der Waals surface area contributed by atoms with Crippen LogP contribution in [0.3, 0.4) is 0 Å². The number of nitrogens with zero attached hydrogens (tertiary/aromatic N) is 3. The zero-order chi connectivity index (χ0) is 21.4. The average Bonchev–Trinajstić information content (AvgIpc) is 3.43. The largest absolute Gasteiger partial charge is 0.485 e. The molecule has 0 fully saturated rings. The van der Waals surface area contributed by atoms with Crippen molar-refractivity contribution in [2.45, 2.75) is 13.0 Å². The van der Waals surface area contributed by atoms with E-state index in [-0.39, 0.29) is 23.9 Å². The first-order chi connectivity index (χ1) is 15.1. The van der Waals surface area contributed by atoms with Gasteiger partial charge in [-0.05, 0) is 31.2 Å². The van der Waals surface area contributed by atoms with E-state index in [2.05, 4.69) is 20.4 Å². The first-order valence-electron chi connectivity index (χ1n) is 9.48. The predicted molar refractivity (Wildman–Crippen MR) is 109 cm³/mol. The van der Waals surface area contributed by atoms with Gasteiger partial charge in [-0.15, -0.1) is 0 Å². The van der Waals surface area contributed by atoms with Crippen LogP contribution in [0.15, 0.2) is 64.0 Å². The molecule has 1 aliphatic heterocycles. The standard InChI is InChI=1S/C21H17N5O5/c1-12-9-19(27)24-21(22-12)26-18(10-13(25-26)14-7-4-8-29-14)23-20(28)17-11-30-15-5-2-3-6-16(15)31-17/h2-10,17H,11H2,1H3,(H,23,28)(H,22,24,27). The molecule has 156 valence electrons. The zero-order valence-electron chi connectivity index (χ0n) is 16.4. The van der Waals surface area contributed by atoms with Crippen LogP contribution < -0.4 is 20.3 Å². The summed E-state index contributed by atoms with van der Waals surface area (Å²) in [5, 5.41) is 7.23. The van der Waals surface area contributed by atoms with Crippen molar-refractivity contribution in [1.82, 2.24) is 19.7 Å². The number of fused-ring (bicyclic) bond motifs is 1. The molecule has 31 heavy (non-hydrogen) atoms. The molecule has 0 bridgehead atoms. The molecule has 4 heterocycles. The molecule has 1 aromatic carbocycles. The number of H-pyrrole nitrogens is 1. The third-order valence-electron chi connectivity index (χ3n) is 4.59. The zero-order valence-corrected chi connectivity index (χ0v) is 16.4. The Morgan fingerprint density at radius 1 is 1.19 bits per heavy atom. The van der Waals surface area contributed by atoms with Gasteiger partial charge in [-0.3, -0.25) is 14.6 Å². The molecule has 0 radical (unpaired) electrons. The Balaban J connectivity index is 1.48. The summed E-state index contributed by atoms with van der Waals surface area (Å²) in [7, 11) is 0. The molecule has 0 spiro atoms. The van der Waals surface area contributed by atoms with Gasteiger partial charge < -0.3 is 19.2 Å². The van der Waals surface area contributed by atoms with E-state index in [9.17, 15) is 9.59 Å². The monoisotopic (exact) mass is 419 g/mol. The number of para-hydroxylation sites is 2. The molecule has 2 N–H and O–H groups in total. The van der Waals surface area contributed by atoms with Gasteiger partial charge in [0.05, 0.1) is 6.26 Å². The smallest absolute Gasteiger partial charge is 0.270 e. The third kappa shape index (κ3) is 3.66. The van der Waals surface area contributed by atoms with Gasteiger partial charge >= 0.3 is 0 Å². The van der Waals surface area contributed by atoms with Crippen molar-refractivity contribution in [3.63, 3.8) is 0 Å². The van der Waals surface area contributed by atoms with E-state index >= 15 is 0 Å². The molecule has 5 rings (SSSR count). The Morgan fingerprint density at radius 3 is 2.81 bits per heavy atom. The molecule has 0 saturated carbocycles. The van der Waals surface area contributed by atoms with Crippen LogP contribution in [0.2, 0.25) is 0 Å². The maximum absolute atomic E-state index is 12.9. The van der Waals surface area contributed by atoms with Crippen LogP contribution in [0.4, 0.5) is 5.82 Å². The number of benzene rings is 1. The highest BCUT2D eigenvalue weighted by molar-refractivity contribution is 5.94. The summed E-state index contributed by atoms with van der Waals surface area (Å²) in [6.07, 6.45) is 0.652. The maximum atomic E-state index is 12.9. The number of aromatic amines is 1. The lowest BCUT2D eigenvalue weighted by Crippen LogP contribution is -2.40. The second-order valence-electron chi connectivity index (χ2n) is 6.87. The number of hydrogen-bond donors (Lipinski definition) is 2. The van der Waals surface area contributed by atoms with Crippen molar-refractivity contribution >= 4 is 11.7 Å². The molecule has 0 aliphatic carbocycles. The molecule has 4 aromatic rings. The molecule has 10 heteroatoms. The fourth-order valence-electron chi connectivity index (χ4n) is 3.20. The molecule has 1 amide bonds. The molecule has 1 aliphatic rings. The van der Waals surface area contributed by atoms with Crippen molar-refractivity contribution in [2.24, 2.45) is 0 Å². The Kier molecular flexibility index (Phi) is 4.51. The number of ether oxygens (including phenoxy) is 2. The summed E-state index contributed by atoms with van der Waals surface area (Å²) in [6, 6.07) is 13.6. The molecule has 3 aromatic heterocycles. The van der Waals surface area contributed by atoms with Crippen LogP contribution in [0.5, 0.6) is 11.5 Å².